The second-order valence-corrected chi connectivity index (χ2v) is 11.1. The Morgan fingerprint density at radius 1 is 1.14 bits per heavy atom. The van der Waals surface area contributed by atoms with E-state index < -0.39 is 26.4 Å². The summed E-state index contributed by atoms with van der Waals surface area (Å²) in [6.07, 6.45) is 2.76. The van der Waals surface area contributed by atoms with Crippen LogP contribution < -0.4 is 16.8 Å². The number of nitrogens with zero attached hydrogens (tertiary/aromatic N) is 2. The highest BCUT2D eigenvalue weighted by Gasteiger charge is 2.33. The first-order valence-corrected chi connectivity index (χ1v) is 13.2. The van der Waals surface area contributed by atoms with Crippen LogP contribution in [0.2, 0.25) is 0 Å². The van der Waals surface area contributed by atoms with Crippen molar-refractivity contribution >= 4 is 38.2 Å². The van der Waals surface area contributed by atoms with Crippen molar-refractivity contribution in [3.63, 3.8) is 0 Å². The number of hydrogen-bond donors (Lipinski definition) is 4. The SMILES string of the molecule is N=C(N)c1ccc2c([N+](=O)[O-])c(C(=O)N[C@H]3CC[C@H](N)CC3)n(CCS(=O)(=O)c3ccccc3)c2c1. The van der Waals surface area contributed by atoms with Gasteiger partial charge in [-0.2, -0.15) is 0 Å². The number of fused-ring (bicyclic) bond motifs is 1. The van der Waals surface area contributed by atoms with Gasteiger partial charge in [-0.15, -0.1) is 0 Å². The number of nitro groups is 1. The number of carbonyl (C=O) groups is 1. The number of rotatable bonds is 8. The van der Waals surface area contributed by atoms with Gasteiger partial charge in [-0.05, 0) is 49.9 Å². The molecule has 1 fully saturated rings. The largest absolute Gasteiger partial charge is 0.384 e. The maximum Gasteiger partial charge on any atom is 0.307 e. The average molecular weight is 513 g/mol. The third-order valence-electron chi connectivity index (χ3n) is 6.54. The molecule has 1 aliphatic carbocycles. The molecule has 0 atom stereocenters. The van der Waals surface area contributed by atoms with Gasteiger partial charge < -0.3 is 21.4 Å². The van der Waals surface area contributed by atoms with Crippen molar-refractivity contribution in [1.29, 1.82) is 5.41 Å². The van der Waals surface area contributed by atoms with Crippen LogP contribution in [0.4, 0.5) is 5.69 Å². The van der Waals surface area contributed by atoms with E-state index in [1.54, 1.807) is 18.2 Å². The molecule has 12 heteroatoms. The van der Waals surface area contributed by atoms with E-state index in [9.17, 15) is 23.3 Å². The molecular weight excluding hydrogens is 484 g/mol. The lowest BCUT2D eigenvalue weighted by Gasteiger charge is -2.26. The smallest absolute Gasteiger partial charge is 0.307 e. The van der Waals surface area contributed by atoms with Crippen LogP contribution in [0.5, 0.6) is 0 Å². The van der Waals surface area contributed by atoms with E-state index in [0.29, 0.717) is 18.4 Å². The minimum Gasteiger partial charge on any atom is -0.384 e. The summed E-state index contributed by atoms with van der Waals surface area (Å²) in [6, 6.07) is 12.1. The third kappa shape index (κ3) is 5.09. The summed E-state index contributed by atoms with van der Waals surface area (Å²) in [6.45, 7) is -0.207. The van der Waals surface area contributed by atoms with Gasteiger partial charge in [0, 0.05) is 24.2 Å². The van der Waals surface area contributed by atoms with E-state index >= 15 is 0 Å². The molecule has 36 heavy (non-hydrogen) atoms. The number of hydrogen-bond acceptors (Lipinski definition) is 7. The van der Waals surface area contributed by atoms with E-state index in [0.717, 1.165) is 12.8 Å². The standard InChI is InChI=1S/C24H28N6O5S/c25-16-7-9-17(10-8-16)28-24(31)22-21(30(32)33)19-11-6-15(23(26)27)14-20(19)29(22)12-13-36(34,35)18-4-2-1-3-5-18/h1-6,11,14,16-17H,7-10,12-13,25H2,(H3,26,27)(H,28,31)/t16-,17-. The van der Waals surface area contributed by atoms with Gasteiger partial charge in [-0.1, -0.05) is 24.3 Å². The topological polar surface area (TPSA) is 187 Å². The third-order valence-corrected chi connectivity index (χ3v) is 8.25. The highest BCUT2D eigenvalue weighted by molar-refractivity contribution is 7.91. The number of aromatic nitrogens is 1. The van der Waals surface area contributed by atoms with E-state index in [1.165, 1.54) is 34.9 Å². The van der Waals surface area contributed by atoms with Gasteiger partial charge in [0.1, 0.15) is 5.84 Å². The minimum absolute atomic E-state index is 0.0622. The predicted molar refractivity (Wildman–Crippen MR) is 136 cm³/mol. The molecule has 0 aliphatic heterocycles. The molecule has 1 heterocycles. The molecule has 4 rings (SSSR count). The molecule has 0 radical (unpaired) electrons. The summed E-state index contributed by atoms with van der Waals surface area (Å²) in [7, 11) is -3.74. The fourth-order valence-corrected chi connectivity index (χ4v) is 5.85. The van der Waals surface area contributed by atoms with Gasteiger partial charge in [0.15, 0.2) is 15.5 Å². The highest BCUT2D eigenvalue weighted by Crippen LogP contribution is 2.34. The number of benzene rings is 2. The van der Waals surface area contributed by atoms with Crippen LogP contribution in [0.25, 0.3) is 10.9 Å². The Morgan fingerprint density at radius 3 is 2.42 bits per heavy atom. The molecule has 0 saturated heterocycles. The lowest BCUT2D eigenvalue weighted by Crippen LogP contribution is -2.41. The van der Waals surface area contributed by atoms with Crippen molar-refractivity contribution in [2.75, 3.05) is 5.75 Å². The molecule has 0 spiro atoms. The zero-order chi connectivity index (χ0) is 26.0. The first kappa shape index (κ1) is 25.3. The van der Waals surface area contributed by atoms with Crippen molar-refractivity contribution in [1.82, 2.24) is 9.88 Å². The lowest BCUT2D eigenvalue weighted by molar-refractivity contribution is -0.383. The van der Waals surface area contributed by atoms with Crippen LogP contribution in [-0.2, 0) is 16.4 Å². The summed E-state index contributed by atoms with van der Waals surface area (Å²) in [4.78, 5) is 25.1. The number of amides is 1. The summed E-state index contributed by atoms with van der Waals surface area (Å²) >= 11 is 0. The highest BCUT2D eigenvalue weighted by atomic mass is 32.2. The predicted octanol–water partition coefficient (Wildman–Crippen LogP) is 2.31. The molecule has 0 bridgehead atoms. The van der Waals surface area contributed by atoms with Crippen LogP contribution in [0.3, 0.4) is 0 Å². The molecule has 1 aromatic heterocycles. The Morgan fingerprint density at radius 2 is 1.81 bits per heavy atom. The van der Waals surface area contributed by atoms with Gasteiger partial charge in [0.25, 0.3) is 5.91 Å². The number of nitrogen functional groups attached to an aromatic ring is 1. The Hall–Kier alpha value is -3.77. The quantitative estimate of drug-likeness (QED) is 0.154. The second-order valence-electron chi connectivity index (χ2n) is 8.97. The van der Waals surface area contributed by atoms with E-state index in [4.69, 9.17) is 16.9 Å². The van der Waals surface area contributed by atoms with Gasteiger partial charge in [0.05, 0.1) is 26.5 Å². The first-order valence-electron chi connectivity index (χ1n) is 11.6. The zero-order valence-corrected chi connectivity index (χ0v) is 20.3. The molecule has 11 nitrogen and oxygen atoms in total. The summed E-state index contributed by atoms with van der Waals surface area (Å²) < 4.78 is 27.3. The maximum atomic E-state index is 13.4. The van der Waals surface area contributed by atoms with Crippen LogP contribution in [-0.4, -0.2) is 47.5 Å². The molecular formula is C24H28N6O5S. The molecule has 6 N–H and O–H groups in total. The Balaban J connectivity index is 1.80. The molecule has 190 valence electrons. The van der Waals surface area contributed by atoms with E-state index in [1.807, 2.05) is 0 Å². The van der Waals surface area contributed by atoms with Crippen molar-refractivity contribution in [3.8, 4) is 0 Å². The second kappa shape index (κ2) is 10.1. The molecule has 3 aromatic rings. The molecule has 1 aliphatic rings. The first-order chi connectivity index (χ1) is 17.1. The molecule has 1 amide bonds. The molecule has 1 saturated carbocycles. The van der Waals surface area contributed by atoms with Crippen molar-refractivity contribution in [3.05, 3.63) is 69.9 Å². The fourth-order valence-electron chi connectivity index (χ4n) is 4.62. The van der Waals surface area contributed by atoms with Crippen LogP contribution >= 0.6 is 0 Å². The van der Waals surface area contributed by atoms with Gasteiger partial charge in [-0.25, -0.2) is 8.42 Å². The van der Waals surface area contributed by atoms with E-state index in [2.05, 4.69) is 5.32 Å². The number of nitrogens with two attached hydrogens (primary N) is 2. The minimum atomic E-state index is -3.74. The van der Waals surface area contributed by atoms with Gasteiger partial charge in [-0.3, -0.25) is 20.3 Å². The number of carbonyl (C=O) groups excluding carboxylic acids is 1. The van der Waals surface area contributed by atoms with Crippen LogP contribution in [0.15, 0.2) is 53.4 Å². The van der Waals surface area contributed by atoms with Gasteiger partial charge >= 0.3 is 5.69 Å². The Bertz CT molecular complexity index is 1430. The monoisotopic (exact) mass is 512 g/mol. The fraction of sp³-hybridized carbons (Fsp3) is 0.333. The van der Waals surface area contributed by atoms with Gasteiger partial charge in [0.2, 0.25) is 0 Å². The van der Waals surface area contributed by atoms with Crippen LogP contribution in [0.1, 0.15) is 41.7 Å². The summed E-state index contributed by atoms with van der Waals surface area (Å²) in [5, 5.41) is 22.9. The summed E-state index contributed by atoms with van der Waals surface area (Å²) in [5.41, 5.74) is 11.5. The lowest BCUT2D eigenvalue weighted by atomic mass is 9.92. The van der Waals surface area contributed by atoms with E-state index in [-0.39, 0.29) is 51.7 Å². The zero-order valence-electron chi connectivity index (χ0n) is 19.5. The summed E-state index contributed by atoms with van der Waals surface area (Å²) in [5.74, 6) is -1.30. The average Bonchev–Trinajstić information content (AvgIpc) is 3.19. The van der Waals surface area contributed by atoms with Crippen molar-refractivity contribution in [2.45, 2.75) is 49.2 Å². The number of amidine groups is 1. The van der Waals surface area contributed by atoms with Crippen molar-refractivity contribution < 1.29 is 18.1 Å². The van der Waals surface area contributed by atoms with Crippen molar-refractivity contribution in [2.24, 2.45) is 11.5 Å². The Labute approximate surface area is 208 Å². The Kier molecular flexibility index (Phi) is 7.09. The molecule has 2 aromatic carbocycles. The number of aryl methyl sites for hydroxylation is 1. The normalized spacial score (nSPS) is 18.1. The number of nitrogens with one attached hydrogen (secondary N) is 2. The molecule has 0 unspecified atom stereocenters. The maximum absolute atomic E-state index is 13.4. The van der Waals surface area contributed by atoms with Crippen LogP contribution in [0, 0.1) is 15.5 Å². The number of sulfone groups is 1.